The third-order valence-corrected chi connectivity index (χ3v) is 5.85. The molecule has 4 rings (SSSR count). The van der Waals surface area contributed by atoms with Crippen LogP contribution in [0.4, 0.5) is 10.5 Å². The maximum absolute atomic E-state index is 12.8. The number of aliphatic carboxylic acids is 1. The number of carboxylic acids is 1. The molecule has 1 unspecified atom stereocenters. The smallest absolute Gasteiger partial charge is 0.334 e. The van der Waals surface area contributed by atoms with Gasteiger partial charge in [0.15, 0.2) is 0 Å². The second kappa shape index (κ2) is 10.3. The molecule has 2 aromatic carbocycles. The highest BCUT2D eigenvalue weighted by molar-refractivity contribution is 6.05. The number of piperidine rings is 1. The van der Waals surface area contributed by atoms with Crippen molar-refractivity contribution in [2.24, 2.45) is 0 Å². The number of anilines is 1. The number of nitrogens with zero attached hydrogens (tertiary/aromatic N) is 1. The number of carbonyl (C=O) groups is 5. The molecule has 0 bridgehead atoms. The summed E-state index contributed by atoms with van der Waals surface area (Å²) >= 11 is 0. The fourth-order valence-corrected chi connectivity index (χ4v) is 3.99. The number of rotatable bonds is 8. The zero-order chi connectivity index (χ0) is 25.8. The summed E-state index contributed by atoms with van der Waals surface area (Å²) in [6, 6.07) is 10.5. The van der Waals surface area contributed by atoms with Crippen LogP contribution in [0.3, 0.4) is 0 Å². The monoisotopic (exact) mass is 492 g/mol. The average molecular weight is 492 g/mol. The maximum Gasteiger partial charge on any atom is 0.334 e. The minimum absolute atomic E-state index is 0.0950. The zero-order valence-electron chi connectivity index (χ0n) is 19.2. The first-order chi connectivity index (χ1) is 17.2. The lowest BCUT2D eigenvalue weighted by molar-refractivity contribution is -0.137. The molecule has 4 N–H and O–H groups in total. The first kappa shape index (κ1) is 24.5. The van der Waals surface area contributed by atoms with Crippen LogP contribution in [-0.4, -0.2) is 52.4 Å². The number of hydrogen-bond acceptors (Lipinski definition) is 6. The number of urea groups is 1. The summed E-state index contributed by atoms with van der Waals surface area (Å²) in [4.78, 5) is 61.0. The Morgan fingerprint density at radius 1 is 1.17 bits per heavy atom. The van der Waals surface area contributed by atoms with Gasteiger partial charge in [0.05, 0.1) is 5.57 Å². The Labute approximate surface area is 206 Å². The molecule has 0 aromatic heterocycles. The molecule has 2 aliphatic heterocycles. The van der Waals surface area contributed by atoms with Gasteiger partial charge in [0.2, 0.25) is 11.8 Å². The van der Waals surface area contributed by atoms with E-state index < -0.39 is 23.9 Å². The Balaban J connectivity index is 1.32. The Bertz CT molecular complexity index is 1270. The number of carboxylic acid groups (broad SMARTS) is 1. The molecule has 2 aromatic rings. The molecule has 11 nitrogen and oxygen atoms in total. The van der Waals surface area contributed by atoms with E-state index in [4.69, 9.17) is 9.84 Å². The first-order valence-electron chi connectivity index (χ1n) is 11.2. The van der Waals surface area contributed by atoms with E-state index in [1.54, 1.807) is 36.4 Å². The highest BCUT2D eigenvalue weighted by Gasteiger charge is 2.39. The number of fused-ring (bicyclic) bond motifs is 1. The normalized spacial score (nSPS) is 16.7. The van der Waals surface area contributed by atoms with Crippen LogP contribution in [0.5, 0.6) is 5.75 Å². The molecule has 186 valence electrons. The highest BCUT2D eigenvalue weighted by atomic mass is 16.5. The van der Waals surface area contributed by atoms with Crippen LogP contribution in [0.1, 0.15) is 34.3 Å². The van der Waals surface area contributed by atoms with Gasteiger partial charge in [0, 0.05) is 36.8 Å². The number of hydrogen-bond donors (Lipinski definition) is 4. The van der Waals surface area contributed by atoms with Gasteiger partial charge in [-0.15, -0.1) is 0 Å². The molecule has 0 spiro atoms. The molecule has 5 amide bonds. The van der Waals surface area contributed by atoms with E-state index in [2.05, 4.69) is 22.5 Å². The molecule has 0 aliphatic carbocycles. The van der Waals surface area contributed by atoms with E-state index in [-0.39, 0.29) is 43.5 Å². The van der Waals surface area contributed by atoms with Crippen molar-refractivity contribution < 1.29 is 33.8 Å². The summed E-state index contributed by atoms with van der Waals surface area (Å²) in [6.07, 6.45) is 0.479. The minimum atomic E-state index is -1.15. The molecule has 1 fully saturated rings. The van der Waals surface area contributed by atoms with Gasteiger partial charge in [-0.1, -0.05) is 24.8 Å². The van der Waals surface area contributed by atoms with Gasteiger partial charge in [-0.2, -0.15) is 0 Å². The molecule has 36 heavy (non-hydrogen) atoms. The minimum Gasteiger partial charge on any atom is -0.489 e. The van der Waals surface area contributed by atoms with Crippen molar-refractivity contribution in [1.29, 1.82) is 0 Å². The van der Waals surface area contributed by atoms with Gasteiger partial charge in [-0.3, -0.25) is 19.7 Å². The van der Waals surface area contributed by atoms with E-state index in [0.29, 0.717) is 23.4 Å². The van der Waals surface area contributed by atoms with Gasteiger partial charge >= 0.3 is 12.0 Å². The predicted octanol–water partition coefficient (Wildman–Crippen LogP) is 1.79. The third kappa shape index (κ3) is 5.52. The van der Waals surface area contributed by atoms with Crippen molar-refractivity contribution >= 4 is 35.4 Å². The van der Waals surface area contributed by atoms with Crippen LogP contribution in [0.25, 0.3) is 0 Å². The fourth-order valence-electron chi connectivity index (χ4n) is 3.99. The number of amides is 5. The molecule has 2 heterocycles. The summed E-state index contributed by atoms with van der Waals surface area (Å²) in [7, 11) is 0. The Morgan fingerprint density at radius 2 is 1.97 bits per heavy atom. The Morgan fingerprint density at radius 3 is 2.72 bits per heavy atom. The SMILES string of the molecule is C=C(COc1cccc(NC(=O)NCc2ccc3c(c2)CN(C2CCC(=O)NC2=O)C3=O)c1)C(=O)O. The number of benzene rings is 2. The van der Waals surface area contributed by atoms with Gasteiger partial charge < -0.3 is 25.4 Å². The Hall–Kier alpha value is -4.67. The second-order valence-electron chi connectivity index (χ2n) is 8.42. The lowest BCUT2D eigenvalue weighted by Crippen LogP contribution is -2.52. The summed E-state index contributed by atoms with van der Waals surface area (Å²) in [5.74, 6) is -1.84. The van der Waals surface area contributed by atoms with Crippen LogP contribution in [0, 0.1) is 0 Å². The van der Waals surface area contributed by atoms with Gasteiger partial charge in [0.25, 0.3) is 5.91 Å². The Kier molecular flexibility index (Phi) is 7.00. The van der Waals surface area contributed by atoms with Crippen molar-refractivity contribution in [2.45, 2.75) is 32.0 Å². The summed E-state index contributed by atoms with van der Waals surface area (Å²) in [6.45, 7) is 3.66. The van der Waals surface area contributed by atoms with Gasteiger partial charge in [0.1, 0.15) is 18.4 Å². The lowest BCUT2D eigenvalue weighted by Gasteiger charge is -2.29. The van der Waals surface area contributed by atoms with Crippen LogP contribution in [0.15, 0.2) is 54.6 Å². The second-order valence-corrected chi connectivity index (χ2v) is 8.42. The quantitative estimate of drug-likeness (QED) is 0.324. The van der Waals surface area contributed by atoms with Crippen molar-refractivity contribution in [2.75, 3.05) is 11.9 Å². The molecule has 1 atom stereocenters. The van der Waals surface area contributed by atoms with E-state index in [0.717, 1.165) is 11.1 Å². The molecule has 0 radical (unpaired) electrons. The number of ether oxygens (including phenoxy) is 1. The van der Waals surface area contributed by atoms with Crippen LogP contribution in [0.2, 0.25) is 0 Å². The molecule has 0 saturated carbocycles. The van der Waals surface area contributed by atoms with E-state index >= 15 is 0 Å². The van der Waals surface area contributed by atoms with E-state index in [9.17, 15) is 24.0 Å². The zero-order valence-corrected chi connectivity index (χ0v) is 19.2. The van der Waals surface area contributed by atoms with E-state index in [1.807, 2.05) is 6.07 Å². The number of imide groups is 1. The first-order valence-corrected chi connectivity index (χ1v) is 11.2. The maximum atomic E-state index is 12.8. The predicted molar refractivity (Wildman–Crippen MR) is 127 cm³/mol. The van der Waals surface area contributed by atoms with Gasteiger partial charge in [-0.05, 0) is 35.7 Å². The topological polar surface area (TPSA) is 154 Å². The lowest BCUT2D eigenvalue weighted by atomic mass is 10.0. The van der Waals surface area contributed by atoms with Crippen LogP contribution >= 0.6 is 0 Å². The van der Waals surface area contributed by atoms with Crippen LogP contribution in [-0.2, 0) is 27.5 Å². The molecule has 1 saturated heterocycles. The average Bonchev–Trinajstić information content (AvgIpc) is 3.16. The number of carbonyl (C=O) groups excluding carboxylic acids is 4. The van der Waals surface area contributed by atoms with Crippen molar-refractivity contribution in [1.82, 2.24) is 15.5 Å². The largest absolute Gasteiger partial charge is 0.489 e. The van der Waals surface area contributed by atoms with Crippen molar-refractivity contribution in [3.05, 3.63) is 71.3 Å². The fraction of sp³-hybridized carbons (Fsp3) is 0.240. The molecular formula is C25H24N4O7. The summed E-state index contributed by atoms with van der Waals surface area (Å²) < 4.78 is 5.37. The molecule has 11 heteroatoms. The highest BCUT2D eigenvalue weighted by Crippen LogP contribution is 2.28. The molecule has 2 aliphatic rings. The third-order valence-electron chi connectivity index (χ3n) is 5.85. The summed E-state index contributed by atoms with van der Waals surface area (Å²) in [5, 5.41) is 16.5. The van der Waals surface area contributed by atoms with E-state index in [1.165, 1.54) is 4.90 Å². The number of nitrogens with one attached hydrogen (secondary N) is 3. The summed E-state index contributed by atoms with van der Waals surface area (Å²) in [5.41, 5.74) is 2.37. The van der Waals surface area contributed by atoms with Crippen molar-refractivity contribution in [3.63, 3.8) is 0 Å². The van der Waals surface area contributed by atoms with Gasteiger partial charge in [-0.25, -0.2) is 9.59 Å². The standard InChI is InChI=1S/C25H24N4O7/c1-14(24(33)34)13-36-18-4-2-3-17(10-18)27-25(35)26-11-15-5-6-19-16(9-15)12-29(23(19)32)20-7-8-21(30)28-22(20)31/h2-6,9-10,20H,1,7-8,11-13H2,(H,33,34)(H2,26,27,35)(H,28,30,31). The molecular weight excluding hydrogens is 468 g/mol. The van der Waals surface area contributed by atoms with Crippen LogP contribution < -0.4 is 20.7 Å². The van der Waals surface area contributed by atoms with Crippen molar-refractivity contribution in [3.8, 4) is 5.75 Å².